The Morgan fingerprint density at radius 1 is 0.935 bits per heavy atom. The van der Waals surface area contributed by atoms with Crippen molar-refractivity contribution in [1.82, 2.24) is 9.19 Å². The van der Waals surface area contributed by atoms with Crippen LogP contribution in [0.3, 0.4) is 0 Å². The molecule has 0 bridgehead atoms. The summed E-state index contributed by atoms with van der Waals surface area (Å²) in [7, 11) is 1.60. The van der Waals surface area contributed by atoms with Gasteiger partial charge in [0.1, 0.15) is 5.69 Å². The van der Waals surface area contributed by atoms with Gasteiger partial charge in [0.05, 0.1) is 12.0 Å². The molecule has 31 heavy (non-hydrogen) atoms. The Morgan fingerprint density at radius 3 is 2.42 bits per heavy atom. The maximum absolute atomic E-state index is 14.1. The predicted octanol–water partition coefficient (Wildman–Crippen LogP) is 7.44. The van der Waals surface area contributed by atoms with Crippen LogP contribution in [0.2, 0.25) is 0 Å². The second-order valence-electron chi connectivity index (χ2n) is 6.23. The highest BCUT2D eigenvalue weighted by Gasteiger charge is 2.40. The van der Waals surface area contributed by atoms with Gasteiger partial charge >= 0.3 is 6.11 Å². The lowest BCUT2D eigenvalue weighted by molar-refractivity contribution is -0.366. The molecule has 160 valence electrons. The summed E-state index contributed by atoms with van der Waals surface area (Å²) in [6.45, 7) is 0. The topological polar surface area (TPSA) is 36.3 Å². The summed E-state index contributed by atoms with van der Waals surface area (Å²) in [5.74, 6) is 0. The lowest BCUT2D eigenvalue weighted by Crippen LogP contribution is -2.17. The normalized spacial score (nSPS) is 11.7. The van der Waals surface area contributed by atoms with Crippen molar-refractivity contribution in [2.45, 2.75) is 15.9 Å². The van der Waals surface area contributed by atoms with E-state index in [0.29, 0.717) is 15.5 Å². The molecule has 0 amide bonds. The SMILES string of the molecule is COSc1cccc(-c2ccc(-c3cc(C(F)(F)OF)n(Sc4ccccc4)n3)s2)c1. The van der Waals surface area contributed by atoms with E-state index in [1.54, 1.807) is 37.4 Å². The maximum atomic E-state index is 14.1. The molecule has 2 aromatic carbocycles. The van der Waals surface area contributed by atoms with Gasteiger partial charge in [0.2, 0.25) is 0 Å². The van der Waals surface area contributed by atoms with Gasteiger partial charge in [-0.15, -0.1) is 16.3 Å². The van der Waals surface area contributed by atoms with Crippen LogP contribution in [0.4, 0.5) is 13.3 Å². The van der Waals surface area contributed by atoms with Crippen LogP contribution in [-0.2, 0) is 15.2 Å². The van der Waals surface area contributed by atoms with Crippen LogP contribution in [0.5, 0.6) is 0 Å². The van der Waals surface area contributed by atoms with Gasteiger partial charge in [-0.1, -0.05) is 30.3 Å². The summed E-state index contributed by atoms with van der Waals surface area (Å²) >= 11 is 3.60. The van der Waals surface area contributed by atoms with Crippen molar-refractivity contribution < 1.29 is 22.4 Å². The van der Waals surface area contributed by atoms with Crippen LogP contribution in [0.1, 0.15) is 5.69 Å². The largest absolute Gasteiger partial charge is 0.430 e. The van der Waals surface area contributed by atoms with Crippen LogP contribution in [0, 0.1) is 0 Å². The van der Waals surface area contributed by atoms with E-state index in [4.69, 9.17) is 4.18 Å². The summed E-state index contributed by atoms with van der Waals surface area (Å²) < 4.78 is 46.8. The van der Waals surface area contributed by atoms with Gasteiger partial charge in [-0.05, 0) is 52.6 Å². The van der Waals surface area contributed by atoms with Crippen molar-refractivity contribution in [1.29, 1.82) is 0 Å². The van der Waals surface area contributed by atoms with E-state index in [1.807, 2.05) is 36.4 Å². The first-order valence-electron chi connectivity index (χ1n) is 8.93. The summed E-state index contributed by atoms with van der Waals surface area (Å²) in [6.07, 6.45) is -4.13. The fraction of sp³-hybridized carbons (Fsp3) is 0.0952. The molecule has 0 spiro atoms. The van der Waals surface area contributed by atoms with Crippen LogP contribution in [0.25, 0.3) is 21.0 Å². The third-order valence-electron chi connectivity index (χ3n) is 4.16. The molecule has 0 aliphatic carbocycles. The third-order valence-corrected chi connectivity index (χ3v) is 6.87. The Hall–Kier alpha value is -2.24. The fourth-order valence-electron chi connectivity index (χ4n) is 2.80. The van der Waals surface area contributed by atoms with Crippen molar-refractivity contribution in [2.75, 3.05) is 7.11 Å². The summed E-state index contributed by atoms with van der Waals surface area (Å²) in [4.78, 5) is 6.17. The van der Waals surface area contributed by atoms with Crippen LogP contribution in [-0.4, -0.2) is 16.3 Å². The van der Waals surface area contributed by atoms with Crippen LogP contribution in [0.15, 0.2) is 82.6 Å². The number of benzene rings is 2. The number of aromatic nitrogens is 2. The number of alkyl halides is 2. The first-order chi connectivity index (χ1) is 15.0. The minimum atomic E-state index is -4.13. The average Bonchev–Trinajstić information content (AvgIpc) is 3.43. The lowest BCUT2D eigenvalue weighted by atomic mass is 10.2. The predicted molar refractivity (Wildman–Crippen MR) is 118 cm³/mol. The van der Waals surface area contributed by atoms with Gasteiger partial charge in [0.15, 0.2) is 5.69 Å². The van der Waals surface area contributed by atoms with E-state index in [2.05, 4.69) is 10.0 Å². The molecule has 4 nitrogen and oxygen atoms in total. The molecular weight excluding hydrogens is 465 g/mol. The minimum Gasteiger partial charge on any atom is -0.314 e. The van der Waals surface area contributed by atoms with Gasteiger partial charge in [-0.3, -0.25) is 0 Å². The molecular formula is C21H15F3N2O2S3. The molecule has 0 unspecified atom stereocenters. The zero-order valence-corrected chi connectivity index (χ0v) is 18.4. The number of rotatable bonds is 8. The van der Waals surface area contributed by atoms with E-state index in [1.165, 1.54) is 23.4 Å². The minimum absolute atomic E-state index is 0.300. The number of hydrogen-bond acceptors (Lipinski definition) is 6. The van der Waals surface area contributed by atoms with Gasteiger partial charge < -0.3 is 4.18 Å². The molecule has 0 saturated heterocycles. The number of halogens is 3. The van der Waals surface area contributed by atoms with Crippen molar-refractivity contribution in [3.05, 3.63) is 78.5 Å². The molecule has 0 N–H and O–H groups in total. The molecule has 0 radical (unpaired) electrons. The molecule has 0 atom stereocenters. The summed E-state index contributed by atoms with van der Waals surface area (Å²) in [5.41, 5.74) is 0.579. The Bertz CT molecular complexity index is 1170. The molecule has 0 saturated carbocycles. The Kier molecular flexibility index (Phi) is 6.73. The van der Waals surface area contributed by atoms with Gasteiger partial charge in [-0.25, -0.2) is 0 Å². The number of nitrogens with zero attached hydrogens (tertiary/aromatic N) is 2. The highest BCUT2D eigenvalue weighted by Crippen LogP contribution is 2.40. The molecule has 0 fully saturated rings. The molecule has 2 aromatic heterocycles. The Morgan fingerprint density at radius 2 is 1.68 bits per heavy atom. The fourth-order valence-corrected chi connectivity index (χ4v) is 5.12. The van der Waals surface area contributed by atoms with E-state index < -0.39 is 11.8 Å². The zero-order valence-electron chi connectivity index (χ0n) is 16.0. The Balaban J connectivity index is 1.69. The van der Waals surface area contributed by atoms with Crippen LogP contribution >= 0.6 is 35.3 Å². The average molecular weight is 481 g/mol. The first kappa shape index (κ1) is 22.0. The highest BCUT2D eigenvalue weighted by atomic mass is 32.2. The van der Waals surface area contributed by atoms with Crippen molar-refractivity contribution >= 4 is 35.3 Å². The Labute approximate surface area is 189 Å². The monoisotopic (exact) mass is 480 g/mol. The second kappa shape index (κ2) is 9.49. The molecule has 4 rings (SSSR count). The zero-order chi connectivity index (χ0) is 21.8. The second-order valence-corrected chi connectivity index (χ2v) is 9.28. The van der Waals surface area contributed by atoms with Crippen molar-refractivity contribution in [3.8, 4) is 21.0 Å². The van der Waals surface area contributed by atoms with E-state index in [9.17, 15) is 13.3 Å². The lowest BCUT2D eigenvalue weighted by Gasteiger charge is -2.11. The van der Waals surface area contributed by atoms with Gasteiger partial charge in [0, 0.05) is 38.7 Å². The van der Waals surface area contributed by atoms with E-state index in [0.717, 1.165) is 37.4 Å². The highest BCUT2D eigenvalue weighted by molar-refractivity contribution is 7.97. The summed E-state index contributed by atoms with van der Waals surface area (Å²) in [5, 5.41) is 4.28. The molecule has 10 heteroatoms. The molecule has 2 heterocycles. The van der Waals surface area contributed by atoms with Gasteiger partial charge in [0.25, 0.3) is 0 Å². The van der Waals surface area contributed by atoms with E-state index in [-0.39, 0.29) is 0 Å². The quantitative estimate of drug-likeness (QED) is 0.245. The summed E-state index contributed by atoms with van der Waals surface area (Å²) in [6, 6.07) is 21.5. The maximum Gasteiger partial charge on any atom is 0.430 e. The number of thiophene rings is 1. The van der Waals surface area contributed by atoms with Crippen molar-refractivity contribution in [2.24, 2.45) is 0 Å². The first-order valence-corrected chi connectivity index (χ1v) is 11.3. The smallest absolute Gasteiger partial charge is 0.314 e. The van der Waals surface area contributed by atoms with Crippen molar-refractivity contribution in [3.63, 3.8) is 0 Å². The molecule has 0 aliphatic rings. The number of hydrogen-bond donors (Lipinski definition) is 0. The third kappa shape index (κ3) is 4.99. The molecule has 0 aliphatic heterocycles. The van der Waals surface area contributed by atoms with Crippen LogP contribution < -0.4 is 0 Å². The molecule has 4 aromatic rings. The van der Waals surface area contributed by atoms with Gasteiger partial charge in [-0.2, -0.15) is 18.0 Å². The van der Waals surface area contributed by atoms with E-state index >= 15 is 0 Å². The standard InChI is InChI=1S/C21H15F3N2O2S3/c1-27-31-16-9-5-6-14(12-16)18-10-11-19(29-18)17-13-20(21(22,23)28-24)26(25-17)30-15-7-3-2-4-8-15/h2-13H,1H3.